The van der Waals surface area contributed by atoms with Gasteiger partial charge in [0.2, 0.25) is 0 Å². The van der Waals surface area contributed by atoms with Crippen LogP contribution in [0.2, 0.25) is 0 Å². The zero-order valence-corrected chi connectivity index (χ0v) is 12.9. The fourth-order valence-corrected chi connectivity index (χ4v) is 4.90. The van der Waals surface area contributed by atoms with E-state index in [1.165, 1.54) is 16.7 Å². The molecule has 3 nitrogen and oxygen atoms in total. The van der Waals surface area contributed by atoms with Crippen molar-refractivity contribution in [2.75, 3.05) is 19.8 Å². The molecule has 0 spiro atoms. The minimum absolute atomic E-state index is 0.622. The van der Waals surface area contributed by atoms with Gasteiger partial charge in [0.25, 0.3) is 0 Å². The van der Waals surface area contributed by atoms with Crippen LogP contribution in [0.25, 0.3) is 12.2 Å². The van der Waals surface area contributed by atoms with Gasteiger partial charge < -0.3 is 13.3 Å². The molecule has 4 heteroatoms. The quantitative estimate of drug-likeness (QED) is 0.693. The van der Waals surface area contributed by atoms with Crippen LogP contribution in [-0.4, -0.2) is 28.6 Å². The summed E-state index contributed by atoms with van der Waals surface area (Å²) in [5.41, 5.74) is 3.83. The van der Waals surface area contributed by atoms with E-state index < -0.39 is 8.80 Å². The van der Waals surface area contributed by atoms with E-state index in [-0.39, 0.29) is 0 Å². The van der Waals surface area contributed by atoms with Crippen molar-refractivity contribution < 1.29 is 13.3 Å². The third-order valence-corrected chi connectivity index (χ3v) is 6.13. The van der Waals surface area contributed by atoms with Gasteiger partial charge in [0, 0.05) is 25.9 Å². The molecule has 2 rings (SSSR count). The van der Waals surface area contributed by atoms with Crippen LogP contribution in [0.3, 0.4) is 0 Å². The molecule has 0 atom stereocenters. The SMILES string of the molecule is CCO[Si](Cc1ccc2c(c1)C=C2)(OCC)OCC. The standard InChI is InChI=1S/C15H22O3Si/c1-4-16-19(17-5-2,18-6-3)12-13-7-8-14-9-10-15(14)11-13/h7-11H,4-6,12H2,1-3H3. The molecule has 104 valence electrons. The predicted molar refractivity (Wildman–Crippen MR) is 79.7 cm³/mol. The maximum Gasteiger partial charge on any atom is 0.505 e. The van der Waals surface area contributed by atoms with Crippen molar-refractivity contribution >= 4 is 21.0 Å². The average Bonchev–Trinajstić information content (AvgIpc) is 2.34. The van der Waals surface area contributed by atoms with Crippen molar-refractivity contribution in [1.82, 2.24) is 0 Å². The Kier molecular flexibility index (Phi) is 4.93. The number of hydrogen-bond acceptors (Lipinski definition) is 3. The zero-order valence-electron chi connectivity index (χ0n) is 11.9. The molecule has 0 saturated carbocycles. The van der Waals surface area contributed by atoms with E-state index >= 15 is 0 Å². The molecule has 0 radical (unpaired) electrons. The number of benzene rings is 1. The van der Waals surface area contributed by atoms with Crippen LogP contribution in [0.4, 0.5) is 0 Å². The van der Waals surface area contributed by atoms with Crippen LogP contribution < -0.4 is 0 Å². The summed E-state index contributed by atoms with van der Waals surface area (Å²) in [6.07, 6.45) is 4.25. The van der Waals surface area contributed by atoms with Crippen LogP contribution in [0.1, 0.15) is 37.5 Å². The van der Waals surface area contributed by atoms with Gasteiger partial charge in [-0.15, -0.1) is 0 Å². The van der Waals surface area contributed by atoms with Crippen LogP contribution in [0.15, 0.2) is 18.2 Å². The molecule has 0 N–H and O–H groups in total. The van der Waals surface area contributed by atoms with E-state index in [0.717, 1.165) is 6.04 Å². The van der Waals surface area contributed by atoms with Crippen LogP contribution >= 0.6 is 0 Å². The summed E-state index contributed by atoms with van der Waals surface area (Å²) in [4.78, 5) is 0. The molecule has 0 unspecified atom stereocenters. The predicted octanol–water partition coefficient (Wildman–Crippen LogP) is 3.30. The Morgan fingerprint density at radius 2 is 1.42 bits per heavy atom. The van der Waals surface area contributed by atoms with Gasteiger partial charge >= 0.3 is 8.80 Å². The molecule has 0 aromatic heterocycles. The highest BCUT2D eigenvalue weighted by atomic mass is 28.4. The summed E-state index contributed by atoms with van der Waals surface area (Å²) in [6, 6.07) is 7.23. The summed E-state index contributed by atoms with van der Waals surface area (Å²) >= 11 is 0. The first-order valence-electron chi connectivity index (χ1n) is 6.96. The number of fused-ring (bicyclic) bond motifs is 1. The highest BCUT2D eigenvalue weighted by Gasteiger charge is 2.40. The molecule has 0 heterocycles. The summed E-state index contributed by atoms with van der Waals surface area (Å²) in [7, 11) is -2.58. The van der Waals surface area contributed by atoms with Gasteiger partial charge in [-0.1, -0.05) is 30.4 Å². The van der Waals surface area contributed by atoms with Crippen molar-refractivity contribution in [3.05, 3.63) is 34.9 Å². The fraction of sp³-hybridized carbons (Fsp3) is 0.467. The topological polar surface area (TPSA) is 27.7 Å². The van der Waals surface area contributed by atoms with Crippen molar-refractivity contribution in [1.29, 1.82) is 0 Å². The third-order valence-electron chi connectivity index (χ3n) is 3.11. The lowest BCUT2D eigenvalue weighted by Crippen LogP contribution is -2.48. The van der Waals surface area contributed by atoms with Crippen molar-refractivity contribution in [2.45, 2.75) is 26.8 Å². The highest BCUT2D eigenvalue weighted by Crippen LogP contribution is 2.26. The average molecular weight is 278 g/mol. The Morgan fingerprint density at radius 3 is 1.84 bits per heavy atom. The third kappa shape index (κ3) is 3.33. The van der Waals surface area contributed by atoms with Crippen molar-refractivity contribution in [3.63, 3.8) is 0 Å². The number of rotatable bonds is 8. The van der Waals surface area contributed by atoms with Crippen molar-refractivity contribution in [2.24, 2.45) is 0 Å². The van der Waals surface area contributed by atoms with Gasteiger partial charge in [-0.2, -0.15) is 0 Å². The second-order valence-electron chi connectivity index (χ2n) is 4.46. The first-order chi connectivity index (χ1) is 9.23. The largest absolute Gasteiger partial charge is 0.505 e. The molecule has 0 amide bonds. The molecule has 1 aliphatic rings. The molecule has 0 fully saturated rings. The van der Waals surface area contributed by atoms with Gasteiger partial charge in [0.1, 0.15) is 0 Å². The van der Waals surface area contributed by atoms with Crippen molar-refractivity contribution in [3.8, 4) is 0 Å². The lowest BCUT2D eigenvalue weighted by Gasteiger charge is -2.29. The molecule has 0 saturated heterocycles. The minimum Gasteiger partial charge on any atom is -0.374 e. The van der Waals surface area contributed by atoms with Crippen LogP contribution in [-0.2, 0) is 19.3 Å². The summed E-state index contributed by atoms with van der Waals surface area (Å²) in [5.74, 6) is 0. The second kappa shape index (κ2) is 6.48. The second-order valence-corrected chi connectivity index (χ2v) is 7.04. The van der Waals surface area contributed by atoms with Gasteiger partial charge in [-0.3, -0.25) is 0 Å². The highest BCUT2D eigenvalue weighted by molar-refractivity contribution is 6.60. The lowest BCUT2D eigenvalue weighted by atomic mass is 9.96. The first-order valence-corrected chi connectivity index (χ1v) is 8.89. The molecule has 1 aromatic rings. The van der Waals surface area contributed by atoms with E-state index in [1.54, 1.807) is 0 Å². The van der Waals surface area contributed by atoms with E-state index in [2.05, 4.69) is 30.4 Å². The Morgan fingerprint density at radius 1 is 0.842 bits per heavy atom. The van der Waals surface area contributed by atoms with E-state index in [0.29, 0.717) is 19.8 Å². The molecular weight excluding hydrogens is 256 g/mol. The maximum absolute atomic E-state index is 5.88. The normalized spacial score (nSPS) is 13.2. The molecule has 19 heavy (non-hydrogen) atoms. The van der Waals surface area contributed by atoms with Gasteiger partial charge in [0.15, 0.2) is 0 Å². The first kappa shape index (κ1) is 14.5. The molecule has 0 aliphatic heterocycles. The summed E-state index contributed by atoms with van der Waals surface area (Å²) < 4.78 is 17.6. The lowest BCUT2D eigenvalue weighted by molar-refractivity contribution is 0.0704. The monoisotopic (exact) mass is 278 g/mol. The van der Waals surface area contributed by atoms with Gasteiger partial charge in [0.05, 0.1) is 0 Å². The molecular formula is C15H22O3Si. The fourth-order valence-electron chi connectivity index (χ4n) is 2.30. The van der Waals surface area contributed by atoms with E-state index in [9.17, 15) is 0 Å². The Labute approximate surface area is 116 Å². The van der Waals surface area contributed by atoms with Gasteiger partial charge in [-0.25, -0.2) is 0 Å². The van der Waals surface area contributed by atoms with Crippen LogP contribution in [0.5, 0.6) is 0 Å². The maximum atomic E-state index is 5.88. The Balaban J connectivity index is 2.15. The van der Waals surface area contributed by atoms with E-state index in [4.69, 9.17) is 13.3 Å². The minimum atomic E-state index is -2.58. The van der Waals surface area contributed by atoms with Crippen LogP contribution in [0, 0.1) is 0 Å². The summed E-state index contributed by atoms with van der Waals surface area (Å²) in [5, 5.41) is 0. The Hall–Kier alpha value is -0.943. The van der Waals surface area contributed by atoms with Gasteiger partial charge in [-0.05, 0) is 37.5 Å². The number of hydrogen-bond donors (Lipinski definition) is 0. The smallest absolute Gasteiger partial charge is 0.374 e. The molecule has 1 aromatic carbocycles. The summed E-state index contributed by atoms with van der Waals surface area (Å²) in [6.45, 7) is 7.83. The zero-order chi connectivity index (χ0) is 13.7. The molecule has 0 bridgehead atoms. The molecule has 1 aliphatic carbocycles. The Bertz CT molecular complexity index is 440. The van der Waals surface area contributed by atoms with E-state index in [1.807, 2.05) is 20.8 Å².